The van der Waals surface area contributed by atoms with Crippen LogP contribution in [0.5, 0.6) is 0 Å². The van der Waals surface area contributed by atoms with Crippen molar-refractivity contribution in [2.24, 2.45) is 0 Å². The number of aliphatic hydroxyl groups is 1. The minimum Gasteiger partial charge on any atom is -0.395 e. The number of rotatable bonds is 7. The number of nitrogens with one attached hydrogen (secondary N) is 2. The first-order valence-corrected chi connectivity index (χ1v) is 13.3. The van der Waals surface area contributed by atoms with Crippen molar-refractivity contribution in [3.63, 3.8) is 0 Å². The minimum atomic E-state index is -0.360. The molecule has 2 aromatic heterocycles. The molecule has 0 spiro atoms. The fraction of sp³-hybridized carbons (Fsp3) is 0.276. The van der Waals surface area contributed by atoms with E-state index in [4.69, 9.17) is 0 Å². The van der Waals surface area contributed by atoms with Crippen molar-refractivity contribution in [3.8, 4) is 22.5 Å². The van der Waals surface area contributed by atoms with Gasteiger partial charge in [0.05, 0.1) is 24.5 Å². The van der Waals surface area contributed by atoms with Crippen molar-refractivity contribution in [1.82, 2.24) is 20.3 Å². The number of aromatic nitrogens is 3. The Labute approximate surface area is 225 Å². The Morgan fingerprint density at radius 3 is 2.58 bits per heavy atom. The maximum absolute atomic E-state index is 12.7. The summed E-state index contributed by atoms with van der Waals surface area (Å²) >= 11 is 1.32. The van der Waals surface area contributed by atoms with Gasteiger partial charge in [-0.05, 0) is 62.1 Å². The fourth-order valence-electron chi connectivity index (χ4n) is 4.80. The highest BCUT2D eigenvalue weighted by atomic mass is 32.1. The molecule has 1 aliphatic carbocycles. The molecule has 3 N–H and O–H groups in total. The number of aryl methyl sites for hydroxylation is 3. The molecule has 1 aliphatic rings. The molecule has 0 fully saturated rings. The number of aliphatic hydroxyl groups excluding tert-OH is 1. The van der Waals surface area contributed by atoms with Gasteiger partial charge in [-0.2, -0.15) is 0 Å². The second-order valence-electron chi connectivity index (χ2n) is 9.88. The van der Waals surface area contributed by atoms with E-state index in [1.54, 1.807) is 6.07 Å². The zero-order valence-corrected chi connectivity index (χ0v) is 22.4. The Morgan fingerprint density at radius 2 is 1.82 bits per heavy atom. The van der Waals surface area contributed by atoms with Crippen LogP contribution in [0.4, 0.5) is 5.13 Å². The standard InChI is InChI=1S/C29H29N5O3S/c1-17-11-24(32-18(2)31-17)20-5-4-6-21(12-20)25-15-38-28(33-25)34-26(36)14-30-27(37)22-8-7-19-9-10-29(3,16-35)23(19)13-22/h4-8,11-13,15,35H,9-10,14,16H2,1-3H3,(H,30,37)(H,33,34,36). The van der Waals surface area contributed by atoms with Gasteiger partial charge >= 0.3 is 0 Å². The Kier molecular flexibility index (Phi) is 7.05. The van der Waals surface area contributed by atoms with E-state index in [2.05, 4.69) is 25.6 Å². The normalized spacial score (nSPS) is 16.2. The quantitative estimate of drug-likeness (QED) is 0.327. The SMILES string of the molecule is Cc1cc(-c2cccc(-c3csc(NC(=O)CNC(=O)c4ccc5c(c4)C(C)(CO)CC5)n3)c2)nc(C)n1. The van der Waals surface area contributed by atoms with Gasteiger partial charge in [-0.25, -0.2) is 15.0 Å². The molecular weight excluding hydrogens is 498 g/mol. The van der Waals surface area contributed by atoms with Crippen LogP contribution >= 0.6 is 11.3 Å². The van der Waals surface area contributed by atoms with Gasteiger partial charge in [0.25, 0.3) is 5.91 Å². The second-order valence-corrected chi connectivity index (χ2v) is 10.7. The summed E-state index contributed by atoms with van der Waals surface area (Å²) in [5, 5.41) is 17.6. The zero-order chi connectivity index (χ0) is 26.9. The van der Waals surface area contributed by atoms with Crippen LogP contribution in [-0.2, 0) is 16.6 Å². The van der Waals surface area contributed by atoms with Gasteiger partial charge in [-0.15, -0.1) is 11.3 Å². The topological polar surface area (TPSA) is 117 Å². The van der Waals surface area contributed by atoms with Gasteiger partial charge < -0.3 is 15.7 Å². The van der Waals surface area contributed by atoms with Crippen molar-refractivity contribution in [2.75, 3.05) is 18.5 Å². The smallest absolute Gasteiger partial charge is 0.251 e. The highest BCUT2D eigenvalue weighted by Crippen LogP contribution is 2.38. The molecule has 2 amide bonds. The van der Waals surface area contributed by atoms with Crippen LogP contribution in [0, 0.1) is 13.8 Å². The third-order valence-electron chi connectivity index (χ3n) is 6.90. The summed E-state index contributed by atoms with van der Waals surface area (Å²) in [6.07, 6.45) is 1.74. The number of hydrogen-bond acceptors (Lipinski definition) is 7. The van der Waals surface area contributed by atoms with Gasteiger partial charge in [0.15, 0.2) is 5.13 Å². The van der Waals surface area contributed by atoms with E-state index in [0.717, 1.165) is 58.0 Å². The molecular formula is C29H29N5O3S. The molecule has 0 aliphatic heterocycles. The fourth-order valence-corrected chi connectivity index (χ4v) is 5.54. The summed E-state index contributed by atoms with van der Waals surface area (Å²) in [4.78, 5) is 38.7. The predicted octanol–water partition coefficient (Wildman–Crippen LogP) is 4.45. The Balaban J connectivity index is 1.21. The lowest BCUT2D eigenvalue weighted by molar-refractivity contribution is -0.115. The van der Waals surface area contributed by atoms with Gasteiger partial charge in [0.2, 0.25) is 5.91 Å². The third-order valence-corrected chi connectivity index (χ3v) is 7.66. The predicted molar refractivity (Wildman–Crippen MR) is 148 cm³/mol. The molecule has 1 atom stereocenters. The highest BCUT2D eigenvalue weighted by molar-refractivity contribution is 7.14. The maximum atomic E-state index is 12.7. The number of carbonyl (C=O) groups is 2. The van der Waals surface area contributed by atoms with Crippen LogP contribution in [0.3, 0.4) is 0 Å². The molecule has 8 nitrogen and oxygen atoms in total. The molecule has 194 valence electrons. The molecule has 5 rings (SSSR count). The summed E-state index contributed by atoms with van der Waals surface area (Å²) in [7, 11) is 0. The molecule has 0 bridgehead atoms. The molecule has 38 heavy (non-hydrogen) atoms. The Bertz CT molecular complexity index is 1510. The highest BCUT2D eigenvalue weighted by Gasteiger charge is 2.34. The Morgan fingerprint density at radius 1 is 1.03 bits per heavy atom. The summed E-state index contributed by atoms with van der Waals surface area (Å²) in [6.45, 7) is 5.68. The number of amides is 2. The van der Waals surface area contributed by atoms with Gasteiger partial charge in [-0.1, -0.05) is 31.2 Å². The molecule has 0 saturated heterocycles. The van der Waals surface area contributed by atoms with Crippen molar-refractivity contribution in [2.45, 2.75) is 39.0 Å². The van der Waals surface area contributed by atoms with E-state index in [1.807, 2.05) is 68.6 Å². The van der Waals surface area contributed by atoms with Crippen LogP contribution in [-0.4, -0.2) is 45.0 Å². The number of anilines is 1. The van der Waals surface area contributed by atoms with E-state index in [-0.39, 0.29) is 30.4 Å². The van der Waals surface area contributed by atoms with Crippen LogP contribution in [0.15, 0.2) is 53.9 Å². The Hall–Kier alpha value is -3.95. The monoisotopic (exact) mass is 527 g/mol. The average molecular weight is 528 g/mol. The molecule has 9 heteroatoms. The van der Waals surface area contributed by atoms with E-state index in [0.29, 0.717) is 10.7 Å². The number of thiazole rings is 1. The van der Waals surface area contributed by atoms with E-state index in [9.17, 15) is 14.7 Å². The van der Waals surface area contributed by atoms with Gasteiger partial charge in [-0.3, -0.25) is 9.59 Å². The summed E-state index contributed by atoms with van der Waals surface area (Å²) in [5.74, 6) is 0.0271. The lowest BCUT2D eigenvalue weighted by atomic mass is 9.84. The molecule has 2 heterocycles. The summed E-state index contributed by atoms with van der Waals surface area (Å²) < 4.78 is 0. The number of fused-ring (bicyclic) bond motifs is 1. The molecule has 1 unspecified atom stereocenters. The minimum absolute atomic E-state index is 0.0353. The molecule has 2 aromatic carbocycles. The first kappa shape index (κ1) is 25.7. The van der Waals surface area contributed by atoms with E-state index in [1.165, 1.54) is 11.3 Å². The van der Waals surface area contributed by atoms with Crippen LogP contribution in [0.1, 0.15) is 46.3 Å². The van der Waals surface area contributed by atoms with E-state index < -0.39 is 0 Å². The third kappa shape index (κ3) is 5.34. The molecule has 0 radical (unpaired) electrons. The molecule has 4 aromatic rings. The number of hydrogen-bond donors (Lipinski definition) is 3. The lowest BCUT2D eigenvalue weighted by Crippen LogP contribution is -2.33. The van der Waals surface area contributed by atoms with Crippen LogP contribution in [0.25, 0.3) is 22.5 Å². The van der Waals surface area contributed by atoms with Crippen molar-refractivity contribution >= 4 is 28.3 Å². The first-order chi connectivity index (χ1) is 18.2. The van der Waals surface area contributed by atoms with Gasteiger partial charge in [0, 0.05) is 33.2 Å². The maximum Gasteiger partial charge on any atom is 0.251 e. The largest absolute Gasteiger partial charge is 0.395 e. The van der Waals surface area contributed by atoms with Crippen LogP contribution < -0.4 is 10.6 Å². The van der Waals surface area contributed by atoms with Crippen molar-refractivity contribution < 1.29 is 14.7 Å². The molecule has 0 saturated carbocycles. The van der Waals surface area contributed by atoms with Crippen molar-refractivity contribution in [1.29, 1.82) is 0 Å². The van der Waals surface area contributed by atoms with Crippen molar-refractivity contribution in [3.05, 3.63) is 82.1 Å². The number of nitrogens with zero attached hydrogens (tertiary/aromatic N) is 3. The van der Waals surface area contributed by atoms with E-state index >= 15 is 0 Å². The second kappa shape index (κ2) is 10.4. The number of carbonyl (C=O) groups excluding carboxylic acids is 2. The zero-order valence-electron chi connectivity index (χ0n) is 21.5. The van der Waals surface area contributed by atoms with Crippen LogP contribution in [0.2, 0.25) is 0 Å². The lowest BCUT2D eigenvalue weighted by Gasteiger charge is -2.22. The summed E-state index contributed by atoms with van der Waals surface area (Å²) in [6, 6.07) is 15.4. The van der Waals surface area contributed by atoms with Gasteiger partial charge in [0.1, 0.15) is 5.82 Å². The first-order valence-electron chi connectivity index (χ1n) is 12.4. The summed E-state index contributed by atoms with van der Waals surface area (Å²) in [5.41, 5.74) is 6.66. The average Bonchev–Trinajstić information content (AvgIpc) is 3.51. The number of benzene rings is 2.